The third kappa shape index (κ3) is 8.15. The van der Waals surface area contributed by atoms with Gasteiger partial charge >= 0.3 is 12.1 Å². The smallest absolute Gasteiger partial charge is 0.408 e. The SMILES string of the molecule is CC(C)(C)OC(=O)NC(CC(N)=S)C(=O)OCc1ccccc1. The molecule has 1 unspecified atom stereocenters. The molecular formula is C16H22N2O4S. The molecule has 126 valence electrons. The van der Waals surface area contributed by atoms with Gasteiger partial charge in [0.25, 0.3) is 0 Å². The summed E-state index contributed by atoms with van der Waals surface area (Å²) in [6, 6.07) is 8.23. The Morgan fingerprint density at radius 3 is 2.39 bits per heavy atom. The van der Waals surface area contributed by atoms with E-state index in [1.54, 1.807) is 20.8 Å². The monoisotopic (exact) mass is 338 g/mol. The van der Waals surface area contributed by atoms with Gasteiger partial charge in [-0.1, -0.05) is 42.5 Å². The number of hydrogen-bond donors (Lipinski definition) is 2. The van der Waals surface area contributed by atoms with Crippen LogP contribution < -0.4 is 11.1 Å². The van der Waals surface area contributed by atoms with Gasteiger partial charge in [0.1, 0.15) is 18.2 Å². The van der Waals surface area contributed by atoms with E-state index in [9.17, 15) is 9.59 Å². The highest BCUT2D eigenvalue weighted by Crippen LogP contribution is 2.08. The molecule has 1 aromatic carbocycles. The van der Waals surface area contributed by atoms with Crippen LogP contribution in [0.3, 0.4) is 0 Å². The number of hydrogen-bond acceptors (Lipinski definition) is 5. The topological polar surface area (TPSA) is 90.6 Å². The van der Waals surface area contributed by atoms with E-state index in [-0.39, 0.29) is 18.0 Å². The number of nitrogens with one attached hydrogen (secondary N) is 1. The molecule has 0 aliphatic carbocycles. The molecule has 1 aromatic rings. The first kappa shape index (κ1) is 18.9. The van der Waals surface area contributed by atoms with Crippen molar-refractivity contribution < 1.29 is 19.1 Å². The van der Waals surface area contributed by atoms with E-state index in [2.05, 4.69) is 5.32 Å². The van der Waals surface area contributed by atoms with Crippen molar-refractivity contribution in [2.75, 3.05) is 0 Å². The molecule has 0 bridgehead atoms. The Bertz CT molecular complexity index is 555. The molecule has 1 atom stereocenters. The van der Waals surface area contributed by atoms with Crippen molar-refractivity contribution in [3.05, 3.63) is 35.9 Å². The standard InChI is InChI=1S/C16H22N2O4S/c1-16(2,3)22-15(20)18-12(9-13(17)23)14(19)21-10-11-7-5-4-6-8-11/h4-8,12H,9-10H2,1-3H3,(H2,17,23)(H,18,20). The lowest BCUT2D eigenvalue weighted by atomic mass is 10.2. The Labute approximate surface area is 141 Å². The molecule has 0 aliphatic heterocycles. The van der Waals surface area contributed by atoms with E-state index in [1.165, 1.54) is 0 Å². The van der Waals surface area contributed by atoms with E-state index in [4.69, 9.17) is 27.4 Å². The molecule has 0 spiro atoms. The lowest BCUT2D eigenvalue weighted by Crippen LogP contribution is -2.45. The number of carbonyl (C=O) groups excluding carboxylic acids is 2. The number of esters is 1. The van der Waals surface area contributed by atoms with Crippen molar-refractivity contribution >= 4 is 29.3 Å². The van der Waals surface area contributed by atoms with E-state index in [1.807, 2.05) is 30.3 Å². The predicted octanol–water partition coefficient (Wildman–Crippen LogP) is 2.30. The van der Waals surface area contributed by atoms with Crippen LogP contribution in [0.4, 0.5) is 4.79 Å². The first-order chi connectivity index (χ1) is 10.7. The van der Waals surface area contributed by atoms with Crippen molar-refractivity contribution in [3.8, 4) is 0 Å². The number of amides is 1. The number of nitrogens with two attached hydrogens (primary N) is 1. The molecule has 6 nitrogen and oxygen atoms in total. The van der Waals surface area contributed by atoms with Gasteiger partial charge in [0.2, 0.25) is 0 Å². The largest absolute Gasteiger partial charge is 0.459 e. The number of rotatable bonds is 6. The van der Waals surface area contributed by atoms with Crippen molar-refractivity contribution in [2.45, 2.75) is 45.4 Å². The Balaban J connectivity index is 2.63. The van der Waals surface area contributed by atoms with Crippen LogP contribution in [0, 0.1) is 0 Å². The zero-order valence-corrected chi connectivity index (χ0v) is 14.3. The zero-order valence-electron chi connectivity index (χ0n) is 13.5. The van der Waals surface area contributed by atoms with Crippen LogP contribution in [-0.2, 0) is 20.9 Å². The van der Waals surface area contributed by atoms with Gasteiger partial charge in [-0.25, -0.2) is 9.59 Å². The molecule has 23 heavy (non-hydrogen) atoms. The van der Waals surface area contributed by atoms with E-state index in [0.717, 1.165) is 5.56 Å². The highest BCUT2D eigenvalue weighted by molar-refractivity contribution is 7.80. The van der Waals surface area contributed by atoms with Gasteiger partial charge in [-0.2, -0.15) is 0 Å². The summed E-state index contributed by atoms with van der Waals surface area (Å²) in [7, 11) is 0. The number of thiocarbonyl (C=S) groups is 1. The maximum absolute atomic E-state index is 12.1. The van der Waals surface area contributed by atoms with Crippen molar-refractivity contribution in [1.29, 1.82) is 0 Å². The first-order valence-electron chi connectivity index (χ1n) is 7.16. The van der Waals surface area contributed by atoms with Gasteiger partial charge in [0.05, 0.1) is 4.99 Å². The third-order valence-electron chi connectivity index (χ3n) is 2.60. The summed E-state index contributed by atoms with van der Waals surface area (Å²) in [4.78, 5) is 24.0. The normalized spacial score (nSPS) is 12.1. The van der Waals surface area contributed by atoms with E-state index in [0.29, 0.717) is 0 Å². The second kappa shape index (κ2) is 8.47. The molecule has 0 radical (unpaired) electrons. The van der Waals surface area contributed by atoms with Crippen LogP contribution in [0.5, 0.6) is 0 Å². The van der Waals surface area contributed by atoms with Gasteiger partial charge < -0.3 is 20.5 Å². The van der Waals surface area contributed by atoms with E-state index >= 15 is 0 Å². The summed E-state index contributed by atoms with van der Waals surface area (Å²) in [5, 5.41) is 2.44. The second-order valence-electron chi connectivity index (χ2n) is 5.96. The molecule has 1 amide bonds. The molecular weight excluding hydrogens is 316 g/mol. The van der Waals surface area contributed by atoms with Gasteiger partial charge in [-0.3, -0.25) is 0 Å². The summed E-state index contributed by atoms with van der Waals surface area (Å²) in [6.07, 6.45) is -0.724. The fraction of sp³-hybridized carbons (Fsp3) is 0.438. The Morgan fingerprint density at radius 1 is 1.26 bits per heavy atom. The van der Waals surface area contributed by atoms with Gasteiger partial charge in [0, 0.05) is 6.42 Å². The predicted molar refractivity (Wildman–Crippen MR) is 90.8 cm³/mol. The minimum absolute atomic E-state index is 0.00218. The molecule has 3 N–H and O–H groups in total. The Morgan fingerprint density at radius 2 is 1.87 bits per heavy atom. The lowest BCUT2D eigenvalue weighted by molar-refractivity contribution is -0.147. The summed E-state index contributed by atoms with van der Waals surface area (Å²) in [5.41, 5.74) is 5.64. The van der Waals surface area contributed by atoms with Gasteiger partial charge in [-0.15, -0.1) is 0 Å². The maximum Gasteiger partial charge on any atom is 0.408 e. The summed E-state index contributed by atoms with van der Waals surface area (Å²) >= 11 is 4.81. The highest BCUT2D eigenvalue weighted by Gasteiger charge is 2.26. The van der Waals surface area contributed by atoms with Crippen molar-refractivity contribution in [1.82, 2.24) is 5.32 Å². The summed E-state index contributed by atoms with van der Waals surface area (Å²) in [5.74, 6) is -0.618. The van der Waals surface area contributed by atoms with Crippen LogP contribution in [0.15, 0.2) is 30.3 Å². The van der Waals surface area contributed by atoms with Gasteiger partial charge in [-0.05, 0) is 26.3 Å². The number of alkyl carbamates (subject to hydrolysis) is 1. The molecule has 0 saturated heterocycles. The maximum atomic E-state index is 12.1. The fourth-order valence-corrected chi connectivity index (χ4v) is 1.84. The minimum Gasteiger partial charge on any atom is -0.459 e. The molecule has 7 heteroatoms. The zero-order chi connectivity index (χ0) is 17.5. The van der Waals surface area contributed by atoms with Crippen LogP contribution in [0.2, 0.25) is 0 Å². The molecule has 1 rings (SSSR count). The number of carbonyl (C=O) groups is 2. The Kier molecular flexibility index (Phi) is 6.96. The summed E-state index contributed by atoms with van der Waals surface area (Å²) in [6.45, 7) is 5.28. The minimum atomic E-state index is -0.980. The van der Waals surface area contributed by atoms with Gasteiger partial charge in [0.15, 0.2) is 0 Å². The van der Waals surface area contributed by atoms with Crippen LogP contribution in [0.25, 0.3) is 0 Å². The Hall–Kier alpha value is -2.15. The highest BCUT2D eigenvalue weighted by atomic mass is 32.1. The van der Waals surface area contributed by atoms with Crippen LogP contribution >= 0.6 is 12.2 Å². The number of ether oxygens (including phenoxy) is 2. The first-order valence-corrected chi connectivity index (χ1v) is 7.56. The molecule has 0 aliphatic rings. The summed E-state index contributed by atoms with van der Waals surface area (Å²) < 4.78 is 10.3. The quantitative estimate of drug-likeness (QED) is 0.611. The molecule has 0 aromatic heterocycles. The third-order valence-corrected chi connectivity index (χ3v) is 2.77. The van der Waals surface area contributed by atoms with Crippen molar-refractivity contribution in [3.63, 3.8) is 0 Å². The molecule has 0 saturated carbocycles. The average molecular weight is 338 g/mol. The average Bonchev–Trinajstić information content (AvgIpc) is 2.42. The number of benzene rings is 1. The fourth-order valence-electron chi connectivity index (χ4n) is 1.67. The second-order valence-corrected chi connectivity index (χ2v) is 6.49. The van der Waals surface area contributed by atoms with Crippen molar-refractivity contribution in [2.24, 2.45) is 5.73 Å². The molecule has 0 fully saturated rings. The van der Waals surface area contributed by atoms with Crippen LogP contribution in [-0.4, -0.2) is 28.7 Å². The van der Waals surface area contributed by atoms with E-state index < -0.39 is 23.7 Å². The molecule has 0 heterocycles. The lowest BCUT2D eigenvalue weighted by Gasteiger charge is -2.22. The van der Waals surface area contributed by atoms with Crippen LogP contribution in [0.1, 0.15) is 32.8 Å².